The first kappa shape index (κ1) is 12.9. The fraction of sp³-hybridized carbons (Fsp3) is 0.462. The second kappa shape index (κ2) is 11.9. The maximum Gasteiger partial charge on any atom is 0.123 e. The first-order valence-electron chi connectivity index (χ1n) is 5.32. The predicted octanol–water partition coefficient (Wildman–Crippen LogP) is 3.82. The first-order chi connectivity index (χ1) is 6.91. The van der Waals surface area contributed by atoms with E-state index in [0.717, 1.165) is 25.5 Å². The highest BCUT2D eigenvalue weighted by atomic mass is 16.1. The number of carbonyl (C=O) groups is 1. The van der Waals surface area contributed by atoms with Gasteiger partial charge in [-0.1, -0.05) is 49.8 Å². The zero-order chi connectivity index (χ0) is 10.5. The van der Waals surface area contributed by atoms with Crippen LogP contribution in [0.2, 0.25) is 0 Å². The van der Waals surface area contributed by atoms with Gasteiger partial charge in [-0.05, 0) is 19.3 Å². The lowest BCUT2D eigenvalue weighted by atomic mass is 10.2. The van der Waals surface area contributed by atoms with E-state index < -0.39 is 0 Å². The van der Waals surface area contributed by atoms with Crippen molar-refractivity contribution in [2.75, 3.05) is 0 Å². The molecule has 0 aliphatic rings. The van der Waals surface area contributed by atoms with Gasteiger partial charge in [0, 0.05) is 6.42 Å². The molecule has 0 aliphatic heterocycles. The van der Waals surface area contributed by atoms with Crippen molar-refractivity contribution in [3.63, 3.8) is 0 Å². The molecule has 0 saturated carbocycles. The molecule has 0 aromatic rings. The molecule has 1 heteroatoms. The molecule has 0 rings (SSSR count). The standard InChI is InChI=1S/C13H20O/c1-2-3-4-5-6-7-8-9-10-11-12-13-14/h4-7,10-11,13H,2-3,8-9,12H2,1H3. The Kier molecular flexibility index (Phi) is 10.9. The highest BCUT2D eigenvalue weighted by Gasteiger charge is 1.76. The molecular formula is C13H20O. The van der Waals surface area contributed by atoms with Crippen LogP contribution in [0.5, 0.6) is 0 Å². The summed E-state index contributed by atoms with van der Waals surface area (Å²) in [4.78, 5) is 9.97. The van der Waals surface area contributed by atoms with Gasteiger partial charge in [0.05, 0.1) is 0 Å². The lowest BCUT2D eigenvalue weighted by Gasteiger charge is -1.85. The molecule has 0 N–H and O–H groups in total. The molecule has 0 atom stereocenters. The second-order valence-corrected chi connectivity index (χ2v) is 3.10. The fourth-order valence-electron chi connectivity index (χ4n) is 0.978. The molecule has 0 spiro atoms. The van der Waals surface area contributed by atoms with Gasteiger partial charge in [0.1, 0.15) is 6.29 Å². The van der Waals surface area contributed by atoms with E-state index in [4.69, 9.17) is 0 Å². The molecule has 0 bridgehead atoms. The monoisotopic (exact) mass is 192 g/mol. The molecule has 0 amide bonds. The van der Waals surface area contributed by atoms with Gasteiger partial charge in [0.25, 0.3) is 0 Å². The number of rotatable bonds is 8. The van der Waals surface area contributed by atoms with Crippen molar-refractivity contribution in [2.24, 2.45) is 0 Å². The molecular weight excluding hydrogens is 172 g/mol. The summed E-state index contributed by atoms with van der Waals surface area (Å²) in [6, 6.07) is 0. The highest BCUT2D eigenvalue weighted by Crippen LogP contribution is 1.95. The van der Waals surface area contributed by atoms with Crippen molar-refractivity contribution in [3.05, 3.63) is 36.5 Å². The van der Waals surface area contributed by atoms with E-state index in [9.17, 15) is 4.79 Å². The Morgan fingerprint density at radius 2 is 1.50 bits per heavy atom. The third kappa shape index (κ3) is 10.9. The molecule has 0 heterocycles. The van der Waals surface area contributed by atoms with Gasteiger partial charge >= 0.3 is 0 Å². The van der Waals surface area contributed by atoms with Crippen molar-refractivity contribution in [3.8, 4) is 0 Å². The lowest BCUT2D eigenvalue weighted by Crippen LogP contribution is -1.68. The van der Waals surface area contributed by atoms with Crippen LogP contribution in [0.1, 0.15) is 39.0 Å². The van der Waals surface area contributed by atoms with E-state index in [1.54, 1.807) is 0 Å². The van der Waals surface area contributed by atoms with Gasteiger partial charge in [-0.2, -0.15) is 0 Å². The Balaban J connectivity index is 3.30. The van der Waals surface area contributed by atoms with Crippen molar-refractivity contribution >= 4 is 6.29 Å². The molecule has 0 aromatic heterocycles. The van der Waals surface area contributed by atoms with Gasteiger partial charge < -0.3 is 4.79 Å². The van der Waals surface area contributed by atoms with Crippen molar-refractivity contribution in [1.29, 1.82) is 0 Å². The SMILES string of the molecule is CCCC=CC=CCCC=CCC=O. The Morgan fingerprint density at radius 1 is 0.857 bits per heavy atom. The first-order valence-corrected chi connectivity index (χ1v) is 5.32. The molecule has 14 heavy (non-hydrogen) atoms. The summed E-state index contributed by atoms with van der Waals surface area (Å²) in [5, 5.41) is 0. The van der Waals surface area contributed by atoms with E-state index >= 15 is 0 Å². The number of carbonyl (C=O) groups excluding carboxylic acids is 1. The Labute approximate surface area is 87.2 Å². The molecule has 0 aromatic carbocycles. The molecule has 0 aliphatic carbocycles. The topological polar surface area (TPSA) is 17.1 Å². The van der Waals surface area contributed by atoms with Crippen molar-refractivity contribution < 1.29 is 4.79 Å². The average molecular weight is 192 g/mol. The van der Waals surface area contributed by atoms with Crippen LogP contribution in [0.15, 0.2) is 36.5 Å². The number of allylic oxidation sites excluding steroid dienone is 6. The largest absolute Gasteiger partial charge is 0.303 e. The third-order valence-electron chi connectivity index (χ3n) is 1.74. The van der Waals surface area contributed by atoms with E-state index in [2.05, 4.69) is 37.3 Å². The molecule has 0 radical (unpaired) electrons. The van der Waals surface area contributed by atoms with Crippen LogP contribution < -0.4 is 0 Å². The maximum absolute atomic E-state index is 9.97. The van der Waals surface area contributed by atoms with Crippen LogP contribution in [-0.2, 0) is 4.79 Å². The van der Waals surface area contributed by atoms with E-state index in [0.29, 0.717) is 6.42 Å². The number of unbranched alkanes of at least 4 members (excludes halogenated alkanes) is 2. The van der Waals surface area contributed by atoms with Crippen LogP contribution in [0, 0.1) is 0 Å². The molecule has 0 fully saturated rings. The number of hydrogen-bond donors (Lipinski definition) is 0. The van der Waals surface area contributed by atoms with Gasteiger partial charge in [0.2, 0.25) is 0 Å². The maximum atomic E-state index is 9.97. The average Bonchev–Trinajstić information content (AvgIpc) is 2.21. The normalized spacial score (nSPS) is 12.1. The smallest absolute Gasteiger partial charge is 0.123 e. The minimum atomic E-state index is 0.542. The summed E-state index contributed by atoms with van der Waals surface area (Å²) in [7, 11) is 0. The molecule has 0 saturated heterocycles. The third-order valence-corrected chi connectivity index (χ3v) is 1.74. The summed E-state index contributed by atoms with van der Waals surface area (Å²) in [5.41, 5.74) is 0. The summed E-state index contributed by atoms with van der Waals surface area (Å²) in [5.74, 6) is 0. The van der Waals surface area contributed by atoms with Crippen LogP contribution in [0.3, 0.4) is 0 Å². The summed E-state index contributed by atoms with van der Waals surface area (Å²) < 4.78 is 0. The van der Waals surface area contributed by atoms with Gasteiger partial charge in [-0.15, -0.1) is 0 Å². The van der Waals surface area contributed by atoms with Gasteiger partial charge in [0.15, 0.2) is 0 Å². The molecule has 0 unspecified atom stereocenters. The minimum Gasteiger partial charge on any atom is -0.303 e. The fourth-order valence-corrected chi connectivity index (χ4v) is 0.978. The van der Waals surface area contributed by atoms with E-state index in [1.807, 2.05) is 6.08 Å². The van der Waals surface area contributed by atoms with Gasteiger partial charge in [-0.3, -0.25) is 0 Å². The lowest BCUT2D eigenvalue weighted by molar-refractivity contribution is -0.107. The van der Waals surface area contributed by atoms with Gasteiger partial charge in [-0.25, -0.2) is 0 Å². The Hall–Kier alpha value is -1.11. The van der Waals surface area contributed by atoms with Crippen molar-refractivity contribution in [1.82, 2.24) is 0 Å². The predicted molar refractivity (Wildman–Crippen MR) is 62.2 cm³/mol. The van der Waals surface area contributed by atoms with E-state index in [-0.39, 0.29) is 0 Å². The highest BCUT2D eigenvalue weighted by molar-refractivity contribution is 5.51. The zero-order valence-electron chi connectivity index (χ0n) is 8.99. The molecule has 1 nitrogen and oxygen atoms in total. The van der Waals surface area contributed by atoms with Crippen LogP contribution in [-0.4, -0.2) is 6.29 Å². The summed E-state index contributed by atoms with van der Waals surface area (Å²) >= 11 is 0. The quantitative estimate of drug-likeness (QED) is 0.247. The molecule has 78 valence electrons. The van der Waals surface area contributed by atoms with Crippen LogP contribution in [0.4, 0.5) is 0 Å². The van der Waals surface area contributed by atoms with Crippen LogP contribution in [0.25, 0.3) is 0 Å². The van der Waals surface area contributed by atoms with Crippen molar-refractivity contribution in [2.45, 2.75) is 39.0 Å². The summed E-state index contributed by atoms with van der Waals surface area (Å²) in [6.07, 6.45) is 18.4. The zero-order valence-corrected chi connectivity index (χ0v) is 8.99. The van der Waals surface area contributed by atoms with Crippen LogP contribution >= 0.6 is 0 Å². The Bertz CT molecular complexity index is 199. The minimum absolute atomic E-state index is 0.542. The summed E-state index contributed by atoms with van der Waals surface area (Å²) in [6.45, 7) is 2.17. The number of aldehydes is 1. The van der Waals surface area contributed by atoms with E-state index in [1.165, 1.54) is 6.42 Å². The second-order valence-electron chi connectivity index (χ2n) is 3.10. The number of hydrogen-bond acceptors (Lipinski definition) is 1. The Morgan fingerprint density at radius 3 is 2.14 bits per heavy atom.